The van der Waals surface area contributed by atoms with Crippen LogP contribution >= 0.6 is 0 Å². The summed E-state index contributed by atoms with van der Waals surface area (Å²) in [5.74, 6) is -0.0545. The molecule has 0 spiro atoms. The van der Waals surface area contributed by atoms with Crippen LogP contribution in [-0.2, 0) is 0 Å². The molecule has 1 aromatic heterocycles. The molecule has 0 atom stereocenters. The highest BCUT2D eigenvalue weighted by Gasteiger charge is 2.14. The second kappa shape index (κ2) is 6.74. The van der Waals surface area contributed by atoms with Crippen molar-refractivity contribution < 1.29 is 19.4 Å². The van der Waals surface area contributed by atoms with Gasteiger partial charge in [0.2, 0.25) is 0 Å². The van der Waals surface area contributed by atoms with E-state index in [2.05, 4.69) is 4.98 Å². The Morgan fingerprint density at radius 1 is 1.33 bits per heavy atom. The lowest BCUT2D eigenvalue weighted by atomic mass is 10.1. The van der Waals surface area contributed by atoms with E-state index in [1.54, 1.807) is 13.2 Å². The Bertz CT molecular complexity index is 640. The molecule has 0 unspecified atom stereocenters. The zero-order valence-electron chi connectivity index (χ0n) is 12.0. The molecule has 1 heterocycles. The quantitative estimate of drug-likeness (QED) is 0.883. The summed E-state index contributed by atoms with van der Waals surface area (Å²) in [5, 5.41) is 9.30. The number of pyridine rings is 1. The smallest absolute Gasteiger partial charge is 0.339 e. The van der Waals surface area contributed by atoms with Gasteiger partial charge in [-0.05, 0) is 24.6 Å². The van der Waals surface area contributed by atoms with Gasteiger partial charge in [-0.25, -0.2) is 4.79 Å². The summed E-state index contributed by atoms with van der Waals surface area (Å²) in [6.45, 7) is 2.42. The van der Waals surface area contributed by atoms with Crippen molar-refractivity contribution in [1.82, 2.24) is 4.98 Å². The van der Waals surface area contributed by atoms with Crippen LogP contribution < -0.4 is 9.47 Å². The van der Waals surface area contributed by atoms with Crippen LogP contribution in [0.15, 0.2) is 36.5 Å². The monoisotopic (exact) mass is 287 g/mol. The predicted molar refractivity (Wildman–Crippen MR) is 79.0 cm³/mol. The van der Waals surface area contributed by atoms with E-state index in [0.717, 1.165) is 12.0 Å². The van der Waals surface area contributed by atoms with Crippen LogP contribution in [0, 0.1) is 0 Å². The number of carboxylic acid groups (broad SMARTS) is 1. The molecule has 0 aliphatic carbocycles. The van der Waals surface area contributed by atoms with E-state index in [1.807, 2.05) is 25.1 Å². The van der Waals surface area contributed by atoms with Gasteiger partial charge >= 0.3 is 5.97 Å². The van der Waals surface area contributed by atoms with Gasteiger partial charge in [-0.15, -0.1) is 0 Å². The number of hydrogen-bond acceptors (Lipinski definition) is 4. The zero-order valence-corrected chi connectivity index (χ0v) is 12.0. The van der Waals surface area contributed by atoms with E-state index in [1.165, 1.54) is 12.3 Å². The predicted octanol–water partition coefficient (Wildman–Crippen LogP) is 3.24. The van der Waals surface area contributed by atoms with E-state index in [9.17, 15) is 9.90 Å². The van der Waals surface area contributed by atoms with E-state index >= 15 is 0 Å². The molecule has 5 heteroatoms. The number of aromatic carboxylic acids is 1. The fourth-order valence-corrected chi connectivity index (χ4v) is 1.88. The van der Waals surface area contributed by atoms with E-state index in [4.69, 9.17) is 9.47 Å². The Morgan fingerprint density at radius 3 is 2.81 bits per heavy atom. The number of benzene rings is 1. The molecule has 1 aromatic carbocycles. The van der Waals surface area contributed by atoms with Crippen LogP contribution in [0.2, 0.25) is 0 Å². The van der Waals surface area contributed by atoms with Gasteiger partial charge in [0.25, 0.3) is 0 Å². The molecule has 0 fully saturated rings. The van der Waals surface area contributed by atoms with Gasteiger partial charge < -0.3 is 14.6 Å². The second-order valence-corrected chi connectivity index (χ2v) is 4.45. The molecule has 5 nitrogen and oxygen atoms in total. The third-order valence-electron chi connectivity index (χ3n) is 2.93. The minimum Gasteiger partial charge on any atom is -0.497 e. The molecule has 0 bridgehead atoms. The normalized spacial score (nSPS) is 10.2. The minimum atomic E-state index is -1.03. The highest BCUT2D eigenvalue weighted by molar-refractivity contribution is 5.92. The molecule has 0 saturated heterocycles. The van der Waals surface area contributed by atoms with Crippen molar-refractivity contribution in [2.75, 3.05) is 13.7 Å². The van der Waals surface area contributed by atoms with Crippen molar-refractivity contribution >= 4 is 5.97 Å². The number of nitrogens with zero attached hydrogens (tertiary/aromatic N) is 1. The van der Waals surface area contributed by atoms with Crippen molar-refractivity contribution in [2.24, 2.45) is 0 Å². The molecule has 0 aliphatic heterocycles. The van der Waals surface area contributed by atoms with Crippen molar-refractivity contribution in [1.29, 1.82) is 0 Å². The fraction of sp³-hybridized carbons (Fsp3) is 0.250. The van der Waals surface area contributed by atoms with Crippen molar-refractivity contribution in [3.63, 3.8) is 0 Å². The molecule has 2 rings (SSSR count). The SMILES string of the molecule is CCCOc1cnc(-c2cccc(OC)c2)cc1C(=O)O. The topological polar surface area (TPSA) is 68.7 Å². The van der Waals surface area contributed by atoms with E-state index in [0.29, 0.717) is 18.1 Å². The molecule has 0 aliphatic rings. The first kappa shape index (κ1) is 14.8. The van der Waals surface area contributed by atoms with Crippen LogP contribution in [0.3, 0.4) is 0 Å². The molecular weight excluding hydrogens is 270 g/mol. The summed E-state index contributed by atoms with van der Waals surface area (Å²) < 4.78 is 10.6. The zero-order chi connectivity index (χ0) is 15.2. The number of carboxylic acids is 1. The summed E-state index contributed by atoms with van der Waals surface area (Å²) in [5.41, 5.74) is 1.46. The Kier molecular flexibility index (Phi) is 4.77. The van der Waals surface area contributed by atoms with E-state index < -0.39 is 5.97 Å². The first-order chi connectivity index (χ1) is 10.2. The number of rotatable bonds is 6. The van der Waals surface area contributed by atoms with Crippen LogP contribution in [0.4, 0.5) is 0 Å². The summed E-state index contributed by atoms with van der Waals surface area (Å²) in [4.78, 5) is 15.6. The largest absolute Gasteiger partial charge is 0.497 e. The van der Waals surface area contributed by atoms with E-state index in [-0.39, 0.29) is 11.3 Å². The maximum atomic E-state index is 11.4. The lowest BCUT2D eigenvalue weighted by Crippen LogP contribution is -2.05. The molecular formula is C16H17NO4. The maximum Gasteiger partial charge on any atom is 0.339 e. The van der Waals surface area contributed by atoms with Crippen molar-refractivity contribution in [3.8, 4) is 22.8 Å². The fourth-order valence-electron chi connectivity index (χ4n) is 1.88. The lowest BCUT2D eigenvalue weighted by molar-refractivity contribution is 0.0692. The summed E-state index contributed by atoms with van der Waals surface area (Å²) in [6.07, 6.45) is 2.25. The Labute approximate surface area is 123 Å². The van der Waals surface area contributed by atoms with Gasteiger partial charge in [0.05, 0.1) is 25.6 Å². The van der Waals surface area contributed by atoms with Gasteiger partial charge in [-0.2, -0.15) is 0 Å². The average Bonchev–Trinajstić information content (AvgIpc) is 2.52. The van der Waals surface area contributed by atoms with Gasteiger partial charge in [-0.3, -0.25) is 4.98 Å². The van der Waals surface area contributed by atoms with Gasteiger partial charge in [0.1, 0.15) is 11.3 Å². The number of carbonyl (C=O) groups is 1. The second-order valence-electron chi connectivity index (χ2n) is 4.45. The Hall–Kier alpha value is -2.56. The maximum absolute atomic E-state index is 11.4. The molecule has 0 saturated carbocycles. The molecule has 0 radical (unpaired) electrons. The van der Waals surface area contributed by atoms with Crippen molar-refractivity contribution in [3.05, 3.63) is 42.1 Å². The number of ether oxygens (including phenoxy) is 2. The van der Waals surface area contributed by atoms with Crippen LogP contribution in [0.25, 0.3) is 11.3 Å². The van der Waals surface area contributed by atoms with Gasteiger partial charge in [0, 0.05) is 5.56 Å². The lowest BCUT2D eigenvalue weighted by Gasteiger charge is -2.10. The van der Waals surface area contributed by atoms with Crippen LogP contribution in [-0.4, -0.2) is 29.8 Å². The molecule has 2 aromatic rings. The third kappa shape index (κ3) is 3.51. The summed E-state index contributed by atoms with van der Waals surface area (Å²) in [7, 11) is 1.58. The summed E-state index contributed by atoms with van der Waals surface area (Å²) in [6, 6.07) is 8.82. The Morgan fingerprint density at radius 2 is 2.14 bits per heavy atom. The molecule has 0 amide bonds. The van der Waals surface area contributed by atoms with Crippen molar-refractivity contribution in [2.45, 2.75) is 13.3 Å². The standard InChI is InChI=1S/C16H17NO4/c1-3-7-21-15-10-17-14(9-13(15)16(18)19)11-5-4-6-12(8-11)20-2/h4-6,8-10H,3,7H2,1-2H3,(H,18,19). The molecule has 110 valence electrons. The number of methoxy groups -OCH3 is 1. The summed E-state index contributed by atoms with van der Waals surface area (Å²) >= 11 is 0. The third-order valence-corrected chi connectivity index (χ3v) is 2.93. The first-order valence-electron chi connectivity index (χ1n) is 6.66. The Balaban J connectivity index is 2.41. The highest BCUT2D eigenvalue weighted by atomic mass is 16.5. The number of aromatic nitrogens is 1. The van der Waals surface area contributed by atoms with Crippen LogP contribution in [0.1, 0.15) is 23.7 Å². The minimum absolute atomic E-state index is 0.108. The molecule has 1 N–H and O–H groups in total. The van der Waals surface area contributed by atoms with Gasteiger partial charge in [0.15, 0.2) is 5.75 Å². The molecule has 21 heavy (non-hydrogen) atoms. The van der Waals surface area contributed by atoms with Gasteiger partial charge in [-0.1, -0.05) is 19.1 Å². The highest BCUT2D eigenvalue weighted by Crippen LogP contribution is 2.26. The number of hydrogen-bond donors (Lipinski definition) is 1. The average molecular weight is 287 g/mol. The van der Waals surface area contributed by atoms with Crippen LogP contribution in [0.5, 0.6) is 11.5 Å². The first-order valence-corrected chi connectivity index (χ1v) is 6.66.